The van der Waals surface area contributed by atoms with Gasteiger partial charge in [0.25, 0.3) is 5.91 Å². The van der Waals surface area contributed by atoms with Gasteiger partial charge in [0.15, 0.2) is 5.78 Å². The number of methoxy groups -OCH3 is 1. The zero-order valence-electron chi connectivity index (χ0n) is 11.6. The van der Waals surface area contributed by atoms with E-state index in [0.29, 0.717) is 11.3 Å². The summed E-state index contributed by atoms with van der Waals surface area (Å²) in [7, 11) is 1.54. The van der Waals surface area contributed by atoms with Crippen molar-refractivity contribution >= 4 is 22.6 Å². The van der Waals surface area contributed by atoms with E-state index in [1.165, 1.54) is 6.92 Å². The average molecular weight is 272 g/mol. The van der Waals surface area contributed by atoms with E-state index in [1.54, 1.807) is 20.1 Å². The molecule has 0 aliphatic rings. The van der Waals surface area contributed by atoms with Crippen molar-refractivity contribution in [1.29, 1.82) is 0 Å². The van der Waals surface area contributed by atoms with Crippen LogP contribution in [0.5, 0.6) is 5.75 Å². The van der Waals surface area contributed by atoms with Crippen LogP contribution in [-0.2, 0) is 4.79 Å². The molecular formula is C15H16N2O3. The molecule has 0 fully saturated rings. The van der Waals surface area contributed by atoms with Gasteiger partial charge in [-0.2, -0.15) is 0 Å². The number of hydrogen-bond acceptors (Lipinski definition) is 4. The number of pyridine rings is 1. The van der Waals surface area contributed by atoms with Gasteiger partial charge in [-0.25, -0.2) is 4.98 Å². The van der Waals surface area contributed by atoms with Crippen molar-refractivity contribution in [3.63, 3.8) is 0 Å². The SMILES string of the molecule is COc1cc(C(=O)N[C@@H](C)C(C)=O)nc2ccccc12. The molecule has 0 bridgehead atoms. The third-order valence-electron chi connectivity index (χ3n) is 3.09. The van der Waals surface area contributed by atoms with Crippen LogP contribution in [0.2, 0.25) is 0 Å². The zero-order valence-corrected chi connectivity index (χ0v) is 11.6. The Morgan fingerprint density at radius 1 is 1.30 bits per heavy atom. The molecule has 2 aromatic rings. The Hall–Kier alpha value is -2.43. The molecule has 0 unspecified atom stereocenters. The number of rotatable bonds is 4. The third kappa shape index (κ3) is 2.77. The lowest BCUT2D eigenvalue weighted by Gasteiger charge is -2.12. The molecule has 20 heavy (non-hydrogen) atoms. The number of nitrogens with one attached hydrogen (secondary N) is 1. The fourth-order valence-electron chi connectivity index (χ4n) is 1.80. The number of nitrogens with zero attached hydrogens (tertiary/aromatic N) is 1. The molecule has 1 amide bonds. The third-order valence-corrected chi connectivity index (χ3v) is 3.09. The highest BCUT2D eigenvalue weighted by molar-refractivity contribution is 5.99. The van der Waals surface area contributed by atoms with Crippen LogP contribution in [0.25, 0.3) is 10.9 Å². The van der Waals surface area contributed by atoms with Gasteiger partial charge in [-0.3, -0.25) is 9.59 Å². The number of para-hydroxylation sites is 1. The van der Waals surface area contributed by atoms with Gasteiger partial charge in [-0.15, -0.1) is 0 Å². The quantitative estimate of drug-likeness (QED) is 0.923. The number of ketones is 1. The lowest BCUT2D eigenvalue weighted by molar-refractivity contribution is -0.118. The molecule has 0 spiro atoms. The molecule has 1 N–H and O–H groups in total. The maximum atomic E-state index is 12.1. The number of benzene rings is 1. The minimum atomic E-state index is -0.540. The van der Waals surface area contributed by atoms with Crippen LogP contribution in [0.3, 0.4) is 0 Å². The molecule has 5 heteroatoms. The molecule has 104 valence electrons. The number of Topliss-reactive ketones (excluding diaryl/α,β-unsaturated/α-hetero) is 1. The van der Waals surface area contributed by atoms with Gasteiger partial charge in [-0.1, -0.05) is 12.1 Å². The number of aromatic nitrogens is 1. The van der Waals surface area contributed by atoms with Crippen molar-refractivity contribution in [2.45, 2.75) is 19.9 Å². The maximum absolute atomic E-state index is 12.1. The van der Waals surface area contributed by atoms with Crippen molar-refractivity contribution in [2.24, 2.45) is 0 Å². The molecule has 1 atom stereocenters. The largest absolute Gasteiger partial charge is 0.496 e. The average Bonchev–Trinajstić information content (AvgIpc) is 2.45. The highest BCUT2D eigenvalue weighted by Crippen LogP contribution is 2.24. The maximum Gasteiger partial charge on any atom is 0.270 e. The number of carbonyl (C=O) groups excluding carboxylic acids is 2. The van der Waals surface area contributed by atoms with Crippen molar-refractivity contribution in [1.82, 2.24) is 10.3 Å². The van der Waals surface area contributed by atoms with E-state index < -0.39 is 11.9 Å². The normalized spacial score (nSPS) is 11.9. The van der Waals surface area contributed by atoms with E-state index in [2.05, 4.69) is 10.3 Å². The minimum absolute atomic E-state index is 0.105. The number of ether oxygens (including phenoxy) is 1. The van der Waals surface area contributed by atoms with E-state index in [-0.39, 0.29) is 11.5 Å². The summed E-state index contributed by atoms with van der Waals surface area (Å²) < 4.78 is 5.28. The van der Waals surface area contributed by atoms with Gasteiger partial charge < -0.3 is 10.1 Å². The molecule has 2 rings (SSSR count). The number of hydrogen-bond donors (Lipinski definition) is 1. The Kier molecular flexibility index (Phi) is 3.98. The molecule has 1 aromatic carbocycles. The van der Waals surface area contributed by atoms with Crippen molar-refractivity contribution in [3.8, 4) is 5.75 Å². The van der Waals surface area contributed by atoms with E-state index >= 15 is 0 Å². The second kappa shape index (κ2) is 5.69. The van der Waals surface area contributed by atoms with Crippen LogP contribution in [0.15, 0.2) is 30.3 Å². The Morgan fingerprint density at radius 2 is 2.00 bits per heavy atom. The van der Waals surface area contributed by atoms with Crippen LogP contribution in [0.1, 0.15) is 24.3 Å². The molecule has 1 aromatic heterocycles. The predicted molar refractivity (Wildman–Crippen MR) is 75.9 cm³/mol. The van der Waals surface area contributed by atoms with Gasteiger partial charge in [0.1, 0.15) is 11.4 Å². The van der Waals surface area contributed by atoms with Gasteiger partial charge in [0.05, 0.1) is 18.7 Å². The van der Waals surface area contributed by atoms with Gasteiger partial charge in [-0.05, 0) is 26.0 Å². The smallest absolute Gasteiger partial charge is 0.270 e. The van der Waals surface area contributed by atoms with Crippen LogP contribution in [0, 0.1) is 0 Å². The molecule has 5 nitrogen and oxygen atoms in total. The zero-order chi connectivity index (χ0) is 14.7. The molecule has 0 saturated heterocycles. The van der Waals surface area contributed by atoms with Gasteiger partial charge in [0.2, 0.25) is 0 Å². The summed E-state index contributed by atoms with van der Waals surface area (Å²) in [6.07, 6.45) is 0. The monoisotopic (exact) mass is 272 g/mol. The summed E-state index contributed by atoms with van der Waals surface area (Å²) in [6, 6.07) is 8.44. The van der Waals surface area contributed by atoms with Crippen LogP contribution in [0.4, 0.5) is 0 Å². The molecule has 0 radical (unpaired) electrons. The first-order valence-corrected chi connectivity index (χ1v) is 6.28. The van der Waals surface area contributed by atoms with Crippen molar-refractivity contribution in [3.05, 3.63) is 36.0 Å². The summed E-state index contributed by atoms with van der Waals surface area (Å²) >= 11 is 0. The van der Waals surface area contributed by atoms with Gasteiger partial charge >= 0.3 is 0 Å². The fraction of sp³-hybridized carbons (Fsp3) is 0.267. The summed E-state index contributed by atoms with van der Waals surface area (Å²) in [5.74, 6) is 0.0825. The second-order valence-corrected chi connectivity index (χ2v) is 4.53. The van der Waals surface area contributed by atoms with Crippen LogP contribution in [-0.4, -0.2) is 29.8 Å². The standard InChI is InChI=1S/C15H16N2O3/c1-9(10(2)18)16-15(19)13-8-14(20-3)11-6-4-5-7-12(11)17-13/h4-9H,1-3H3,(H,16,19)/t9-/m0/s1. The number of amides is 1. The number of carbonyl (C=O) groups is 2. The fourth-order valence-corrected chi connectivity index (χ4v) is 1.80. The number of fused-ring (bicyclic) bond motifs is 1. The summed E-state index contributed by atoms with van der Waals surface area (Å²) in [5.41, 5.74) is 0.904. The first-order valence-electron chi connectivity index (χ1n) is 6.28. The summed E-state index contributed by atoms with van der Waals surface area (Å²) in [4.78, 5) is 27.6. The Morgan fingerprint density at radius 3 is 2.65 bits per heavy atom. The highest BCUT2D eigenvalue weighted by atomic mass is 16.5. The van der Waals surface area contributed by atoms with Crippen LogP contribution >= 0.6 is 0 Å². The molecule has 0 saturated carbocycles. The molecule has 0 aliphatic carbocycles. The van der Waals surface area contributed by atoms with Gasteiger partial charge in [0, 0.05) is 11.5 Å². The Labute approximate surface area is 117 Å². The first-order chi connectivity index (χ1) is 9.52. The van der Waals surface area contributed by atoms with Crippen LogP contribution < -0.4 is 10.1 Å². The van der Waals surface area contributed by atoms with E-state index in [4.69, 9.17) is 4.74 Å². The first kappa shape index (κ1) is 14.0. The van der Waals surface area contributed by atoms with E-state index in [9.17, 15) is 9.59 Å². The molecule has 0 aliphatic heterocycles. The lowest BCUT2D eigenvalue weighted by atomic mass is 10.1. The lowest BCUT2D eigenvalue weighted by Crippen LogP contribution is -2.37. The Bertz CT molecular complexity index is 667. The topological polar surface area (TPSA) is 68.3 Å². The predicted octanol–water partition coefficient (Wildman–Crippen LogP) is 1.95. The Balaban J connectivity index is 2.40. The second-order valence-electron chi connectivity index (χ2n) is 4.53. The van der Waals surface area contributed by atoms with E-state index in [1.807, 2.05) is 24.3 Å². The van der Waals surface area contributed by atoms with Crippen molar-refractivity contribution < 1.29 is 14.3 Å². The summed E-state index contributed by atoms with van der Waals surface area (Å²) in [5, 5.41) is 3.44. The highest BCUT2D eigenvalue weighted by Gasteiger charge is 2.16. The molecule has 1 heterocycles. The molecular weight excluding hydrogens is 256 g/mol. The van der Waals surface area contributed by atoms with Crippen molar-refractivity contribution in [2.75, 3.05) is 7.11 Å². The van der Waals surface area contributed by atoms with E-state index in [0.717, 1.165) is 5.39 Å². The minimum Gasteiger partial charge on any atom is -0.496 e. The summed E-state index contributed by atoms with van der Waals surface area (Å²) in [6.45, 7) is 3.07.